The summed E-state index contributed by atoms with van der Waals surface area (Å²) in [6.45, 7) is 6.37. The number of hydrogen-bond acceptors (Lipinski definition) is 8. The number of anilines is 1. The molecule has 1 aliphatic rings. The predicted octanol–water partition coefficient (Wildman–Crippen LogP) is 8.88. The van der Waals surface area contributed by atoms with Gasteiger partial charge in [0.1, 0.15) is 5.01 Å². The van der Waals surface area contributed by atoms with E-state index in [1.54, 1.807) is 36.9 Å². The summed E-state index contributed by atoms with van der Waals surface area (Å²) in [5.74, 6) is 6.93. The first-order valence-electron chi connectivity index (χ1n) is 17.5. The first-order valence-corrected chi connectivity index (χ1v) is 19.5. The molecule has 2 heterocycles. The molecule has 0 spiro atoms. The van der Waals surface area contributed by atoms with Crippen LogP contribution in [-0.4, -0.2) is 70.5 Å². The van der Waals surface area contributed by atoms with Gasteiger partial charge in [0.05, 0.1) is 46.4 Å². The molecule has 6 rings (SSSR count). The molecule has 10 heteroatoms. The number of hydrogen-bond donors (Lipinski definition) is 2. The van der Waals surface area contributed by atoms with Crippen LogP contribution in [0, 0.1) is 11.8 Å². The number of unbranched alkanes of at least 4 members (excludes halogenated alkanes) is 1. The molecule has 0 atom stereocenters. The standard InChI is InChI=1S/C41H45N3O4S3/c1-4-5-20-42-40(49)43-30-12-16-33-32-15-11-29(10-13-31-14-17-38(50-31)39-44-36-8-6-7-9-37(36)51-39)27-34(32)41(35(33)28-30,18-21-47-25-23-45-2)19-22-48-26-24-46-3/h6-9,11-12,14-17,27-28H,4-5,18-26H2,1-3H3,(H2,42,43,49). The minimum Gasteiger partial charge on any atom is -0.382 e. The van der Waals surface area contributed by atoms with Crippen LogP contribution in [0.25, 0.3) is 31.2 Å². The number of thiocarbonyl (C=S) groups is 1. The number of methoxy groups -OCH3 is 2. The molecule has 0 fully saturated rings. The van der Waals surface area contributed by atoms with Gasteiger partial charge in [-0.1, -0.05) is 49.5 Å². The van der Waals surface area contributed by atoms with Crippen LogP contribution in [0.2, 0.25) is 0 Å². The smallest absolute Gasteiger partial charge is 0.170 e. The summed E-state index contributed by atoms with van der Waals surface area (Å²) in [5.41, 5.74) is 7.53. The van der Waals surface area contributed by atoms with Gasteiger partial charge in [0.15, 0.2) is 5.11 Å². The number of ether oxygens (including phenoxy) is 4. The van der Waals surface area contributed by atoms with Crippen molar-refractivity contribution in [1.82, 2.24) is 10.3 Å². The lowest BCUT2D eigenvalue weighted by molar-refractivity contribution is 0.0491. The van der Waals surface area contributed by atoms with Crippen molar-refractivity contribution in [2.75, 3.05) is 65.7 Å². The van der Waals surface area contributed by atoms with Gasteiger partial charge in [0.25, 0.3) is 0 Å². The Morgan fingerprint density at radius 2 is 1.53 bits per heavy atom. The van der Waals surface area contributed by atoms with Crippen molar-refractivity contribution in [3.05, 3.63) is 94.4 Å². The molecule has 0 saturated carbocycles. The second-order valence-corrected chi connectivity index (χ2v) is 15.0. The number of nitrogens with zero attached hydrogens (tertiary/aromatic N) is 1. The summed E-state index contributed by atoms with van der Waals surface area (Å²) in [6.07, 6.45) is 3.73. The van der Waals surface area contributed by atoms with Gasteiger partial charge >= 0.3 is 0 Å². The van der Waals surface area contributed by atoms with Gasteiger partial charge in [-0.25, -0.2) is 4.98 Å². The van der Waals surface area contributed by atoms with E-state index in [9.17, 15) is 0 Å². The molecule has 2 aromatic heterocycles. The van der Waals surface area contributed by atoms with Gasteiger partial charge in [0.2, 0.25) is 0 Å². The maximum absolute atomic E-state index is 6.12. The highest BCUT2D eigenvalue weighted by Gasteiger charge is 2.43. The van der Waals surface area contributed by atoms with E-state index in [0.29, 0.717) is 44.8 Å². The number of aromatic nitrogens is 1. The zero-order valence-electron chi connectivity index (χ0n) is 29.5. The van der Waals surface area contributed by atoms with Crippen molar-refractivity contribution in [2.24, 2.45) is 0 Å². The zero-order chi connectivity index (χ0) is 35.5. The Morgan fingerprint density at radius 1 is 0.804 bits per heavy atom. The molecule has 266 valence electrons. The van der Waals surface area contributed by atoms with Gasteiger partial charge in [-0.2, -0.15) is 0 Å². The highest BCUT2D eigenvalue weighted by atomic mass is 32.1. The summed E-state index contributed by atoms with van der Waals surface area (Å²) in [7, 11) is 3.39. The number of nitrogens with one attached hydrogen (secondary N) is 2. The largest absolute Gasteiger partial charge is 0.382 e. The Kier molecular flexibility index (Phi) is 13.2. The molecule has 0 unspecified atom stereocenters. The van der Waals surface area contributed by atoms with E-state index < -0.39 is 0 Å². The number of thiazole rings is 1. The third-order valence-electron chi connectivity index (χ3n) is 9.08. The fourth-order valence-electron chi connectivity index (χ4n) is 6.48. The van der Waals surface area contributed by atoms with Crippen molar-refractivity contribution < 1.29 is 18.9 Å². The van der Waals surface area contributed by atoms with Gasteiger partial charge in [-0.05, 0) is 102 Å². The van der Waals surface area contributed by atoms with Crippen LogP contribution in [-0.2, 0) is 24.4 Å². The molecule has 0 bridgehead atoms. The van der Waals surface area contributed by atoms with Gasteiger partial charge in [-0.3, -0.25) is 0 Å². The molecule has 0 aliphatic heterocycles. The Labute approximate surface area is 314 Å². The number of para-hydroxylation sites is 1. The third kappa shape index (κ3) is 9.05. The zero-order valence-corrected chi connectivity index (χ0v) is 32.0. The average molecular weight is 740 g/mol. The maximum Gasteiger partial charge on any atom is 0.170 e. The van der Waals surface area contributed by atoms with Crippen molar-refractivity contribution in [1.29, 1.82) is 0 Å². The van der Waals surface area contributed by atoms with Gasteiger partial charge < -0.3 is 29.6 Å². The Morgan fingerprint density at radius 3 is 2.25 bits per heavy atom. The fourth-order valence-corrected chi connectivity index (χ4v) is 8.58. The van der Waals surface area contributed by atoms with Crippen molar-refractivity contribution in [3.63, 3.8) is 0 Å². The predicted molar refractivity (Wildman–Crippen MR) is 215 cm³/mol. The molecular weight excluding hydrogens is 695 g/mol. The van der Waals surface area contributed by atoms with Crippen LogP contribution in [0.3, 0.4) is 0 Å². The Bertz CT molecular complexity index is 1950. The quantitative estimate of drug-likeness (QED) is 0.0557. The van der Waals surface area contributed by atoms with Gasteiger partial charge in [0, 0.05) is 50.6 Å². The second-order valence-electron chi connectivity index (χ2n) is 12.4. The molecule has 2 N–H and O–H groups in total. The Hall–Kier alpha value is -3.66. The van der Waals surface area contributed by atoms with Gasteiger partial charge in [-0.15, -0.1) is 22.7 Å². The number of rotatable bonds is 17. The van der Waals surface area contributed by atoms with Crippen LogP contribution in [0.1, 0.15) is 54.2 Å². The van der Waals surface area contributed by atoms with Crippen LogP contribution >= 0.6 is 34.9 Å². The van der Waals surface area contributed by atoms with Crippen molar-refractivity contribution >= 4 is 55.9 Å². The first kappa shape index (κ1) is 37.1. The topological polar surface area (TPSA) is 73.9 Å². The summed E-state index contributed by atoms with van der Waals surface area (Å²) < 4.78 is 23.9. The second kappa shape index (κ2) is 18.2. The molecular formula is C41H45N3O4S3. The monoisotopic (exact) mass is 739 g/mol. The lowest BCUT2D eigenvalue weighted by Crippen LogP contribution is -2.31. The molecule has 0 amide bonds. The fraction of sp³-hybridized carbons (Fsp3) is 0.366. The summed E-state index contributed by atoms with van der Waals surface area (Å²) >= 11 is 9.05. The average Bonchev–Trinajstić information content (AvgIpc) is 3.86. The third-order valence-corrected chi connectivity index (χ3v) is 11.5. The van der Waals surface area contributed by atoms with E-state index in [1.165, 1.54) is 27.0 Å². The van der Waals surface area contributed by atoms with E-state index in [0.717, 1.165) is 63.8 Å². The molecule has 1 aliphatic carbocycles. The molecule has 51 heavy (non-hydrogen) atoms. The van der Waals surface area contributed by atoms with E-state index in [4.69, 9.17) is 36.1 Å². The summed E-state index contributed by atoms with van der Waals surface area (Å²) in [6, 6.07) is 25.7. The van der Waals surface area contributed by atoms with E-state index in [2.05, 4.69) is 96.1 Å². The minimum atomic E-state index is -0.361. The summed E-state index contributed by atoms with van der Waals surface area (Å²) in [5, 5.41) is 8.43. The Balaban J connectivity index is 1.32. The molecule has 7 nitrogen and oxygen atoms in total. The number of thiophene rings is 1. The van der Waals surface area contributed by atoms with E-state index in [-0.39, 0.29) is 5.41 Å². The highest BCUT2D eigenvalue weighted by molar-refractivity contribution is 7.80. The highest BCUT2D eigenvalue weighted by Crippen LogP contribution is 2.53. The van der Waals surface area contributed by atoms with E-state index in [1.807, 2.05) is 6.07 Å². The van der Waals surface area contributed by atoms with E-state index >= 15 is 0 Å². The van der Waals surface area contributed by atoms with Crippen LogP contribution in [0.4, 0.5) is 5.69 Å². The van der Waals surface area contributed by atoms with Crippen molar-refractivity contribution in [3.8, 4) is 32.9 Å². The normalized spacial score (nSPS) is 12.7. The molecule has 5 aromatic rings. The first-order chi connectivity index (χ1) is 25.0. The number of fused-ring (bicyclic) bond motifs is 4. The van der Waals surface area contributed by atoms with Crippen LogP contribution in [0.15, 0.2) is 72.8 Å². The number of benzene rings is 3. The maximum atomic E-state index is 6.12. The van der Waals surface area contributed by atoms with Crippen molar-refractivity contribution in [2.45, 2.75) is 38.0 Å². The summed E-state index contributed by atoms with van der Waals surface area (Å²) in [4.78, 5) is 6.99. The molecule has 3 aromatic carbocycles. The van der Waals surface area contributed by atoms with Crippen LogP contribution in [0.5, 0.6) is 0 Å². The minimum absolute atomic E-state index is 0.361. The lowest BCUT2D eigenvalue weighted by atomic mass is 9.72. The SMILES string of the molecule is CCCCNC(=S)Nc1ccc2c(c1)C(CCOCCOC)(CCOCCOC)c1cc(C#Cc3ccc(-c4nc5ccccc5s4)s3)ccc1-2. The molecule has 0 saturated heterocycles. The van der Waals surface area contributed by atoms with Crippen LogP contribution < -0.4 is 10.6 Å². The lowest BCUT2D eigenvalue weighted by Gasteiger charge is -2.33. The molecule has 0 radical (unpaired) electrons.